The highest BCUT2D eigenvalue weighted by Crippen LogP contribution is 2.32. The lowest BCUT2D eigenvalue weighted by Gasteiger charge is -2.36. The number of aromatic amines is 1. The van der Waals surface area contributed by atoms with E-state index in [0.717, 1.165) is 67.1 Å². The Balaban J connectivity index is 1.09. The standard InChI is InChI=1S/C43H60N8O3/c1-3-4-5-6-7-8-9-10-18-27-50-30-38(48-49-50)40(31-19-12-11-13-20-31)47-42(53)39-26-25-33-21-14-16-24-36(43(54)51(33)39)46-41(52)37(44-2)28-32-29-45-35-23-17-15-22-34(32)35/h11-13,15,17,19-20,22-23,29-30,33,36-37,39-40,44-45H,3-10,14,16,18,21,24-28H2,1-2H3,(H,46,52)(H,47,53)/t33-,36-,37-,39-,40-/m0/s1. The summed E-state index contributed by atoms with van der Waals surface area (Å²) in [4.78, 5) is 47.4. The Kier molecular flexibility index (Phi) is 14.3. The highest BCUT2D eigenvalue weighted by Gasteiger charge is 2.44. The molecule has 5 atom stereocenters. The number of hydrogen-bond acceptors (Lipinski definition) is 6. The molecule has 0 saturated carbocycles. The third kappa shape index (κ3) is 9.96. The van der Waals surface area contributed by atoms with Gasteiger partial charge in [-0.2, -0.15) is 0 Å². The molecule has 2 aliphatic rings. The summed E-state index contributed by atoms with van der Waals surface area (Å²) in [5, 5.41) is 19.6. The first-order chi connectivity index (χ1) is 26.5. The smallest absolute Gasteiger partial charge is 0.246 e. The maximum atomic E-state index is 14.4. The van der Waals surface area contributed by atoms with E-state index < -0.39 is 24.2 Å². The van der Waals surface area contributed by atoms with E-state index in [2.05, 4.69) is 38.2 Å². The molecule has 11 heteroatoms. The van der Waals surface area contributed by atoms with E-state index in [-0.39, 0.29) is 23.8 Å². The minimum atomic E-state index is -0.696. The van der Waals surface area contributed by atoms with E-state index in [4.69, 9.17) is 0 Å². The van der Waals surface area contributed by atoms with Crippen molar-refractivity contribution in [3.05, 3.63) is 83.8 Å². The fourth-order valence-electron chi connectivity index (χ4n) is 8.39. The number of H-pyrrole nitrogens is 1. The Labute approximate surface area is 320 Å². The molecule has 11 nitrogen and oxygen atoms in total. The van der Waals surface area contributed by atoms with Crippen LogP contribution in [0.15, 0.2) is 67.0 Å². The summed E-state index contributed by atoms with van der Waals surface area (Å²) >= 11 is 0. The Morgan fingerprint density at radius 3 is 2.39 bits per heavy atom. The van der Waals surface area contributed by atoms with Crippen molar-refractivity contribution in [2.24, 2.45) is 0 Å². The number of benzene rings is 2. The molecule has 4 N–H and O–H groups in total. The fourth-order valence-corrected chi connectivity index (χ4v) is 8.39. The number of amides is 3. The van der Waals surface area contributed by atoms with Crippen molar-refractivity contribution in [1.82, 2.24) is 40.8 Å². The minimum Gasteiger partial charge on any atom is -0.361 e. The number of nitrogens with zero attached hydrogens (tertiary/aromatic N) is 4. The molecular formula is C43H60N8O3. The van der Waals surface area contributed by atoms with Crippen LogP contribution in [0.5, 0.6) is 0 Å². The van der Waals surface area contributed by atoms with Crippen molar-refractivity contribution in [2.75, 3.05) is 7.05 Å². The SMILES string of the molecule is CCCCCCCCCCCn1cc([C@@H](NC(=O)[C@@H]2CC[C@@H]3CCCC[C@H](NC(=O)[C@H](Cc4c[nH]c5ccccc45)NC)C(=O)N32)c2ccccc2)nn1. The molecule has 0 bridgehead atoms. The number of fused-ring (bicyclic) bond motifs is 2. The van der Waals surface area contributed by atoms with E-state index >= 15 is 0 Å². The largest absolute Gasteiger partial charge is 0.361 e. The summed E-state index contributed by atoms with van der Waals surface area (Å²) in [6.45, 7) is 3.04. The first-order valence-corrected chi connectivity index (χ1v) is 20.6. The normalized spacial score (nSPS) is 19.9. The minimum absolute atomic E-state index is 0.0355. The van der Waals surface area contributed by atoms with Crippen LogP contribution in [0.3, 0.4) is 0 Å². The molecule has 2 saturated heterocycles. The van der Waals surface area contributed by atoms with E-state index in [9.17, 15) is 14.4 Å². The van der Waals surface area contributed by atoms with Gasteiger partial charge >= 0.3 is 0 Å². The Bertz CT molecular complexity index is 1790. The molecule has 54 heavy (non-hydrogen) atoms. The molecule has 2 aromatic heterocycles. The van der Waals surface area contributed by atoms with Gasteiger partial charge in [-0.3, -0.25) is 19.1 Å². The van der Waals surface area contributed by atoms with Crippen LogP contribution < -0.4 is 16.0 Å². The third-order valence-electron chi connectivity index (χ3n) is 11.5. The van der Waals surface area contributed by atoms with Crippen molar-refractivity contribution in [3.63, 3.8) is 0 Å². The lowest BCUT2D eigenvalue weighted by Crippen LogP contribution is -2.58. The molecule has 0 aliphatic carbocycles. The number of para-hydroxylation sites is 1. The van der Waals surface area contributed by atoms with Crippen molar-refractivity contribution >= 4 is 28.6 Å². The molecule has 0 unspecified atom stereocenters. The molecule has 6 rings (SSSR count). The van der Waals surface area contributed by atoms with Gasteiger partial charge in [-0.05, 0) is 62.8 Å². The summed E-state index contributed by atoms with van der Waals surface area (Å²) in [6.07, 6.45) is 20.2. The zero-order valence-corrected chi connectivity index (χ0v) is 32.3. The van der Waals surface area contributed by atoms with Crippen molar-refractivity contribution in [1.29, 1.82) is 0 Å². The lowest BCUT2D eigenvalue weighted by molar-refractivity contribution is -0.144. The number of likely N-dealkylation sites (N-methyl/N-ethyl adjacent to an activating group) is 1. The number of unbranched alkanes of at least 4 members (excludes halogenated alkanes) is 8. The number of hydrogen-bond donors (Lipinski definition) is 4. The van der Waals surface area contributed by atoms with Gasteiger partial charge in [0.2, 0.25) is 17.7 Å². The molecule has 2 fully saturated rings. The second-order valence-electron chi connectivity index (χ2n) is 15.3. The molecule has 3 amide bonds. The van der Waals surface area contributed by atoms with Gasteiger partial charge in [-0.25, -0.2) is 0 Å². The topological polar surface area (TPSA) is 137 Å². The van der Waals surface area contributed by atoms with Crippen LogP contribution in [-0.4, -0.2) is 73.8 Å². The van der Waals surface area contributed by atoms with Gasteiger partial charge in [0.15, 0.2) is 0 Å². The molecule has 2 aromatic carbocycles. The maximum absolute atomic E-state index is 14.4. The highest BCUT2D eigenvalue weighted by molar-refractivity contribution is 5.94. The average Bonchev–Trinajstić information content (AvgIpc) is 3.95. The Morgan fingerprint density at radius 1 is 0.889 bits per heavy atom. The summed E-state index contributed by atoms with van der Waals surface area (Å²) in [5.74, 6) is -0.588. The number of carbonyl (C=O) groups is 3. The van der Waals surface area contributed by atoms with Crippen molar-refractivity contribution < 1.29 is 14.4 Å². The third-order valence-corrected chi connectivity index (χ3v) is 11.5. The zero-order valence-electron chi connectivity index (χ0n) is 32.3. The highest BCUT2D eigenvalue weighted by atomic mass is 16.2. The van der Waals surface area contributed by atoms with Crippen LogP contribution in [0.25, 0.3) is 10.9 Å². The van der Waals surface area contributed by atoms with E-state index in [1.54, 1.807) is 11.9 Å². The van der Waals surface area contributed by atoms with Gasteiger partial charge in [0.05, 0.1) is 18.3 Å². The first kappa shape index (κ1) is 39.2. The average molecular weight is 737 g/mol. The Hall–Kier alpha value is -4.51. The van der Waals surface area contributed by atoms with E-state index in [0.29, 0.717) is 25.0 Å². The second-order valence-corrected chi connectivity index (χ2v) is 15.3. The van der Waals surface area contributed by atoms with Crippen LogP contribution in [-0.2, 0) is 27.3 Å². The molecule has 4 aromatic rings. The molecule has 0 radical (unpaired) electrons. The molecular weight excluding hydrogens is 677 g/mol. The predicted octanol–water partition coefficient (Wildman–Crippen LogP) is 6.74. The van der Waals surface area contributed by atoms with E-state index in [1.807, 2.05) is 71.7 Å². The van der Waals surface area contributed by atoms with Crippen LogP contribution in [0, 0.1) is 0 Å². The Morgan fingerprint density at radius 2 is 1.61 bits per heavy atom. The van der Waals surface area contributed by atoms with Gasteiger partial charge in [0.25, 0.3) is 0 Å². The fraction of sp³-hybridized carbons (Fsp3) is 0.558. The number of rotatable bonds is 19. The number of carbonyl (C=O) groups excluding carboxylic acids is 3. The van der Waals surface area contributed by atoms with Gasteiger partial charge < -0.3 is 25.8 Å². The van der Waals surface area contributed by atoms with Gasteiger partial charge in [0.1, 0.15) is 17.8 Å². The number of aromatic nitrogens is 4. The molecule has 290 valence electrons. The maximum Gasteiger partial charge on any atom is 0.246 e. The van der Waals surface area contributed by atoms with Crippen LogP contribution in [0.4, 0.5) is 0 Å². The second kappa shape index (κ2) is 19.7. The molecule has 0 spiro atoms. The van der Waals surface area contributed by atoms with Gasteiger partial charge in [-0.1, -0.05) is 125 Å². The number of aryl methyl sites for hydroxylation is 1. The predicted molar refractivity (Wildman–Crippen MR) is 213 cm³/mol. The lowest BCUT2D eigenvalue weighted by atomic mass is 9.98. The monoisotopic (exact) mass is 736 g/mol. The zero-order chi connectivity index (χ0) is 37.7. The summed E-state index contributed by atoms with van der Waals surface area (Å²) < 4.78 is 1.89. The summed E-state index contributed by atoms with van der Waals surface area (Å²) in [5.41, 5.74) is 3.65. The first-order valence-electron chi connectivity index (χ1n) is 20.6. The van der Waals surface area contributed by atoms with Crippen molar-refractivity contribution in [3.8, 4) is 0 Å². The molecule has 4 heterocycles. The van der Waals surface area contributed by atoms with Crippen LogP contribution in [0.2, 0.25) is 0 Å². The quantitative estimate of drug-likeness (QED) is 0.0788. The van der Waals surface area contributed by atoms with Gasteiger partial charge in [-0.15, -0.1) is 5.10 Å². The molecule has 2 aliphatic heterocycles. The summed E-state index contributed by atoms with van der Waals surface area (Å²) in [6, 6.07) is 15.5. The number of nitrogens with one attached hydrogen (secondary N) is 4. The van der Waals surface area contributed by atoms with Crippen LogP contribution in [0.1, 0.15) is 126 Å². The summed E-state index contributed by atoms with van der Waals surface area (Å²) in [7, 11) is 1.77. The van der Waals surface area contributed by atoms with Crippen molar-refractivity contribution in [2.45, 2.75) is 146 Å². The van der Waals surface area contributed by atoms with Crippen LogP contribution >= 0.6 is 0 Å². The van der Waals surface area contributed by atoms with E-state index in [1.165, 1.54) is 44.9 Å². The van der Waals surface area contributed by atoms with Gasteiger partial charge in [0, 0.05) is 29.7 Å².